The van der Waals surface area contributed by atoms with Crippen LogP contribution in [-0.4, -0.2) is 101 Å². The zero-order valence-corrected chi connectivity index (χ0v) is 23.6. The number of benzene rings is 1. The number of hydrogen-bond donors (Lipinski definition) is 3. The number of aromatic amines is 1. The lowest BCUT2D eigenvalue weighted by Crippen LogP contribution is -2.49. The van der Waals surface area contributed by atoms with Crippen molar-refractivity contribution < 1.29 is 19.1 Å². The number of urea groups is 1. The van der Waals surface area contributed by atoms with Crippen molar-refractivity contribution in [1.82, 2.24) is 30.4 Å². The first-order valence-corrected chi connectivity index (χ1v) is 15.2. The minimum atomic E-state index is -0.409. The van der Waals surface area contributed by atoms with Crippen molar-refractivity contribution in [2.75, 3.05) is 57.8 Å². The van der Waals surface area contributed by atoms with Gasteiger partial charge in [-0.25, -0.2) is 9.80 Å². The van der Waals surface area contributed by atoms with Crippen LogP contribution in [0.3, 0.4) is 0 Å². The van der Waals surface area contributed by atoms with Crippen molar-refractivity contribution in [1.29, 1.82) is 0 Å². The first-order chi connectivity index (χ1) is 20.1. The van der Waals surface area contributed by atoms with E-state index in [9.17, 15) is 14.4 Å². The number of ketones is 1. The highest BCUT2D eigenvalue weighted by molar-refractivity contribution is 7.17. The van der Waals surface area contributed by atoms with E-state index in [1.54, 1.807) is 17.1 Å². The Balaban J connectivity index is 1.06. The highest BCUT2D eigenvalue weighted by Crippen LogP contribution is 2.44. The maximum absolute atomic E-state index is 13.7. The van der Waals surface area contributed by atoms with Crippen molar-refractivity contribution in [3.8, 4) is 21.8 Å². The largest absolute Gasteiger partial charge is 0.379 e. The highest BCUT2D eigenvalue weighted by Gasteiger charge is 2.36. The van der Waals surface area contributed by atoms with Crippen LogP contribution in [-0.2, 0) is 4.74 Å². The summed E-state index contributed by atoms with van der Waals surface area (Å²) < 4.78 is 5.33. The third-order valence-corrected chi connectivity index (χ3v) is 9.61. The lowest BCUT2D eigenvalue weighted by atomic mass is 10.0. The maximum atomic E-state index is 13.7. The van der Waals surface area contributed by atoms with Crippen molar-refractivity contribution in [2.45, 2.75) is 31.7 Å². The quantitative estimate of drug-likeness (QED) is 0.333. The molecule has 0 atom stereocenters. The molecule has 3 aliphatic heterocycles. The van der Waals surface area contributed by atoms with E-state index in [2.05, 4.69) is 25.8 Å². The van der Waals surface area contributed by atoms with Crippen LogP contribution in [0.5, 0.6) is 0 Å². The number of hydrogen-bond acceptors (Lipinski definition) is 8. The van der Waals surface area contributed by atoms with Gasteiger partial charge in [-0.05, 0) is 57.0 Å². The Morgan fingerprint density at radius 1 is 0.976 bits per heavy atom. The number of carbonyl (C=O) groups excluding carboxylic acids is 3. The van der Waals surface area contributed by atoms with Crippen molar-refractivity contribution in [2.24, 2.45) is 0 Å². The summed E-state index contributed by atoms with van der Waals surface area (Å²) in [5, 5.41) is 12.2. The summed E-state index contributed by atoms with van der Waals surface area (Å²) in [6.07, 6.45) is 4.60. The number of fused-ring (bicyclic) bond motifs is 3. The van der Waals surface area contributed by atoms with Gasteiger partial charge in [-0.15, -0.1) is 11.3 Å². The molecule has 41 heavy (non-hydrogen) atoms. The number of hydrazine groups is 1. The third-order valence-electron chi connectivity index (χ3n) is 8.53. The standard InChI is InChI=1S/C29H33N7O4S/c37-27-23-19(4-3-5-20(23)30-29(39)33-36-14-16-40-17-15-36)25-24(27)26(32-31-25)21-6-7-22(41-21)28(38)35-12-8-18(9-13-35)34-10-1-2-11-34/h3-7,18H,1-2,8-17H2,(H,31,32)(H2,30,33,39). The molecular weight excluding hydrogens is 542 g/mol. The molecule has 2 aromatic heterocycles. The second-order valence-electron chi connectivity index (χ2n) is 11.0. The lowest BCUT2D eigenvalue weighted by Gasteiger charge is -2.36. The van der Waals surface area contributed by atoms with Gasteiger partial charge in [0.25, 0.3) is 5.91 Å². The Labute approximate surface area is 241 Å². The van der Waals surface area contributed by atoms with E-state index in [1.807, 2.05) is 23.1 Å². The van der Waals surface area contributed by atoms with Gasteiger partial charge < -0.3 is 19.9 Å². The van der Waals surface area contributed by atoms with E-state index in [4.69, 9.17) is 4.74 Å². The molecule has 1 aliphatic carbocycles. The lowest BCUT2D eigenvalue weighted by molar-refractivity contribution is 0.0207. The number of piperidine rings is 1. The minimum Gasteiger partial charge on any atom is -0.379 e. The van der Waals surface area contributed by atoms with E-state index >= 15 is 0 Å². The molecule has 11 nitrogen and oxygen atoms in total. The molecule has 3 saturated heterocycles. The first-order valence-electron chi connectivity index (χ1n) is 14.4. The van der Waals surface area contributed by atoms with Crippen LogP contribution in [0.4, 0.5) is 10.5 Å². The number of morpholine rings is 1. The fraction of sp³-hybridized carbons (Fsp3) is 0.448. The fourth-order valence-corrected chi connectivity index (χ4v) is 7.39. The van der Waals surface area contributed by atoms with Gasteiger partial charge in [0.05, 0.1) is 45.5 Å². The topological polar surface area (TPSA) is 123 Å². The fourth-order valence-electron chi connectivity index (χ4n) is 6.42. The number of likely N-dealkylation sites (tertiary alicyclic amines) is 2. The van der Waals surface area contributed by atoms with Crippen LogP contribution in [0.2, 0.25) is 0 Å². The molecule has 0 spiro atoms. The summed E-state index contributed by atoms with van der Waals surface area (Å²) in [4.78, 5) is 45.7. The van der Waals surface area contributed by atoms with Crippen molar-refractivity contribution >= 4 is 34.7 Å². The Morgan fingerprint density at radius 2 is 1.76 bits per heavy atom. The van der Waals surface area contributed by atoms with E-state index < -0.39 is 6.03 Å². The van der Waals surface area contributed by atoms with Gasteiger partial charge in [-0.3, -0.25) is 20.1 Å². The van der Waals surface area contributed by atoms with E-state index in [-0.39, 0.29) is 11.7 Å². The molecule has 0 radical (unpaired) electrons. The molecule has 3 N–H and O–H groups in total. The van der Waals surface area contributed by atoms with Crippen LogP contribution in [0.25, 0.3) is 21.8 Å². The summed E-state index contributed by atoms with van der Waals surface area (Å²) in [7, 11) is 0. The molecule has 214 valence electrons. The Kier molecular flexibility index (Phi) is 7.07. The number of aromatic nitrogens is 2. The van der Waals surface area contributed by atoms with Gasteiger partial charge in [0, 0.05) is 37.8 Å². The van der Waals surface area contributed by atoms with Gasteiger partial charge >= 0.3 is 6.03 Å². The molecule has 5 heterocycles. The Morgan fingerprint density at radius 3 is 2.54 bits per heavy atom. The second kappa shape index (κ2) is 11.0. The number of ether oxygens (including phenoxy) is 1. The molecule has 4 aliphatic rings. The smallest absolute Gasteiger partial charge is 0.333 e. The van der Waals surface area contributed by atoms with Crippen LogP contribution >= 0.6 is 11.3 Å². The molecule has 12 heteroatoms. The van der Waals surface area contributed by atoms with Gasteiger partial charge in [-0.2, -0.15) is 5.10 Å². The molecule has 0 bridgehead atoms. The minimum absolute atomic E-state index is 0.0423. The number of amides is 3. The summed E-state index contributed by atoms with van der Waals surface area (Å²) in [6.45, 7) is 6.21. The summed E-state index contributed by atoms with van der Waals surface area (Å²) >= 11 is 1.37. The molecule has 3 fully saturated rings. The molecule has 0 saturated carbocycles. The van der Waals surface area contributed by atoms with Gasteiger partial charge in [-0.1, -0.05) is 12.1 Å². The zero-order valence-electron chi connectivity index (χ0n) is 22.8. The van der Waals surface area contributed by atoms with E-state index in [0.29, 0.717) is 71.0 Å². The summed E-state index contributed by atoms with van der Waals surface area (Å²) in [5.74, 6) is -0.160. The molecule has 1 aromatic carbocycles. The highest BCUT2D eigenvalue weighted by atomic mass is 32.1. The first kappa shape index (κ1) is 26.3. The van der Waals surface area contributed by atoms with Crippen molar-refractivity contribution in [3.63, 3.8) is 0 Å². The zero-order chi connectivity index (χ0) is 27.9. The third kappa shape index (κ3) is 4.94. The van der Waals surface area contributed by atoms with Crippen LogP contribution in [0, 0.1) is 0 Å². The Bertz CT molecular complexity index is 1480. The number of anilines is 1. The van der Waals surface area contributed by atoms with Crippen LogP contribution in [0.15, 0.2) is 30.3 Å². The predicted molar refractivity (Wildman–Crippen MR) is 155 cm³/mol. The van der Waals surface area contributed by atoms with Gasteiger partial charge in [0.15, 0.2) is 5.78 Å². The number of nitrogens with one attached hydrogen (secondary N) is 3. The average molecular weight is 576 g/mol. The van der Waals surface area contributed by atoms with Crippen molar-refractivity contribution in [3.05, 3.63) is 46.3 Å². The second-order valence-corrected chi connectivity index (χ2v) is 12.1. The van der Waals surface area contributed by atoms with Gasteiger partial charge in [0.1, 0.15) is 5.69 Å². The van der Waals surface area contributed by atoms with Gasteiger partial charge in [0.2, 0.25) is 0 Å². The number of carbonyl (C=O) groups is 3. The molecule has 0 unspecified atom stereocenters. The number of nitrogens with zero attached hydrogens (tertiary/aromatic N) is 4. The number of thiophene rings is 1. The number of rotatable bonds is 5. The maximum Gasteiger partial charge on any atom is 0.333 e. The van der Waals surface area contributed by atoms with E-state index in [0.717, 1.165) is 30.8 Å². The molecule has 7 rings (SSSR count). The molecule has 3 aromatic rings. The summed E-state index contributed by atoms with van der Waals surface area (Å²) in [6, 6.07) is 9.27. The average Bonchev–Trinajstić information content (AvgIpc) is 3.80. The van der Waals surface area contributed by atoms with E-state index in [1.165, 1.54) is 37.3 Å². The SMILES string of the molecule is O=C(Nc1cccc2c1C(=O)c1c(-c3ccc(C(=O)N4CCC(N5CCCC5)CC4)s3)n[nH]c1-2)NN1CCOCC1. The monoisotopic (exact) mass is 575 g/mol. The normalized spacial score (nSPS) is 19.8. The van der Waals surface area contributed by atoms with Crippen LogP contribution in [0.1, 0.15) is 51.3 Å². The summed E-state index contributed by atoms with van der Waals surface area (Å²) in [5.41, 5.74) is 6.01. The number of H-pyrrole nitrogens is 1. The van der Waals surface area contributed by atoms with Crippen LogP contribution < -0.4 is 10.7 Å². The predicted octanol–water partition coefficient (Wildman–Crippen LogP) is 3.42. The molecular formula is C29H33N7O4S. The molecule has 3 amide bonds. The Hall–Kier alpha value is -3.58.